The molecule has 0 saturated heterocycles. The molecule has 1 fully saturated rings. The molecular weight excluding hydrogens is 210 g/mol. The van der Waals surface area contributed by atoms with E-state index in [1.807, 2.05) is 0 Å². The summed E-state index contributed by atoms with van der Waals surface area (Å²) in [4.78, 5) is 0. The van der Waals surface area contributed by atoms with Crippen molar-refractivity contribution >= 4 is 0 Å². The minimum absolute atomic E-state index is 0.324. The first-order valence-corrected chi connectivity index (χ1v) is 4.47. The van der Waals surface area contributed by atoms with E-state index < -0.39 is 29.4 Å². The number of nitrogens with two attached hydrogens (primary N) is 1. The molecule has 15 heavy (non-hydrogen) atoms. The number of benzene rings is 1. The largest absolute Gasteiger partial charge is 0.329 e. The fourth-order valence-corrected chi connectivity index (χ4v) is 1.83. The SMILES string of the molecule is NCC1(c2cccc(F)c2F)CC1(F)F. The van der Waals surface area contributed by atoms with E-state index in [-0.39, 0.29) is 12.1 Å². The number of hydrogen-bond acceptors (Lipinski definition) is 1. The Morgan fingerprint density at radius 2 is 1.87 bits per heavy atom. The predicted octanol–water partition coefficient (Wildman–Crippen LogP) is 2.20. The average molecular weight is 219 g/mol. The normalized spacial score (nSPS) is 27.8. The van der Waals surface area contributed by atoms with E-state index >= 15 is 0 Å². The molecule has 0 bridgehead atoms. The highest BCUT2D eigenvalue weighted by molar-refractivity contribution is 5.39. The fourth-order valence-electron chi connectivity index (χ4n) is 1.83. The van der Waals surface area contributed by atoms with E-state index in [0.29, 0.717) is 0 Å². The molecule has 82 valence electrons. The molecule has 2 N–H and O–H groups in total. The standard InChI is InChI=1S/C10H9F4N/c11-7-3-1-2-6(8(7)12)9(5-15)4-10(9,13)14/h1-3H,4-5,15H2. The molecule has 1 aromatic rings. The van der Waals surface area contributed by atoms with Crippen LogP contribution in [0.1, 0.15) is 12.0 Å². The Bertz CT molecular complexity index is 404. The van der Waals surface area contributed by atoms with Crippen LogP contribution in [0.3, 0.4) is 0 Å². The van der Waals surface area contributed by atoms with Gasteiger partial charge in [-0.05, 0) is 6.07 Å². The summed E-state index contributed by atoms with van der Waals surface area (Å²) >= 11 is 0. The van der Waals surface area contributed by atoms with Crippen molar-refractivity contribution in [3.63, 3.8) is 0 Å². The molecule has 0 heterocycles. The second kappa shape index (κ2) is 2.95. The summed E-state index contributed by atoms with van der Waals surface area (Å²) in [5.74, 6) is -5.38. The molecule has 1 saturated carbocycles. The van der Waals surface area contributed by atoms with Crippen LogP contribution in [0.5, 0.6) is 0 Å². The van der Waals surface area contributed by atoms with Crippen LogP contribution in [-0.2, 0) is 5.41 Å². The first-order valence-electron chi connectivity index (χ1n) is 4.47. The van der Waals surface area contributed by atoms with Crippen LogP contribution in [0, 0.1) is 11.6 Å². The summed E-state index contributed by atoms with van der Waals surface area (Å²) in [6.07, 6.45) is -0.517. The highest BCUT2D eigenvalue weighted by atomic mass is 19.3. The number of hydrogen-bond donors (Lipinski definition) is 1. The van der Waals surface area contributed by atoms with Gasteiger partial charge in [-0.2, -0.15) is 0 Å². The van der Waals surface area contributed by atoms with E-state index in [4.69, 9.17) is 5.73 Å². The van der Waals surface area contributed by atoms with Gasteiger partial charge < -0.3 is 5.73 Å². The Labute approximate surface area is 83.9 Å². The third kappa shape index (κ3) is 1.26. The third-order valence-electron chi connectivity index (χ3n) is 2.91. The van der Waals surface area contributed by atoms with Crippen molar-refractivity contribution in [2.45, 2.75) is 17.8 Å². The Morgan fingerprint density at radius 3 is 2.33 bits per heavy atom. The number of alkyl halides is 2. The van der Waals surface area contributed by atoms with Gasteiger partial charge in [0.25, 0.3) is 5.92 Å². The fraction of sp³-hybridized carbons (Fsp3) is 0.400. The van der Waals surface area contributed by atoms with Gasteiger partial charge in [0.05, 0.1) is 5.41 Å². The van der Waals surface area contributed by atoms with Crippen LogP contribution >= 0.6 is 0 Å². The highest BCUT2D eigenvalue weighted by Crippen LogP contribution is 2.61. The topological polar surface area (TPSA) is 26.0 Å². The van der Waals surface area contributed by atoms with Gasteiger partial charge in [-0.15, -0.1) is 0 Å². The first kappa shape index (κ1) is 10.4. The smallest absolute Gasteiger partial charge is 0.260 e. The highest BCUT2D eigenvalue weighted by Gasteiger charge is 2.72. The summed E-state index contributed by atoms with van der Waals surface area (Å²) in [6.45, 7) is -0.389. The lowest BCUT2D eigenvalue weighted by Crippen LogP contribution is -2.28. The van der Waals surface area contributed by atoms with Crippen molar-refractivity contribution in [2.24, 2.45) is 5.73 Å². The minimum Gasteiger partial charge on any atom is -0.329 e. The van der Waals surface area contributed by atoms with Crippen molar-refractivity contribution in [3.05, 3.63) is 35.4 Å². The molecular formula is C10H9F4N. The van der Waals surface area contributed by atoms with E-state index in [9.17, 15) is 17.6 Å². The van der Waals surface area contributed by atoms with Gasteiger partial charge in [-0.3, -0.25) is 0 Å². The quantitative estimate of drug-likeness (QED) is 0.758. The maximum atomic E-state index is 13.3. The van der Waals surface area contributed by atoms with Crippen LogP contribution in [0.25, 0.3) is 0 Å². The molecule has 0 aliphatic heterocycles. The van der Waals surface area contributed by atoms with Gasteiger partial charge >= 0.3 is 0 Å². The lowest BCUT2D eigenvalue weighted by Gasteiger charge is -2.15. The van der Waals surface area contributed by atoms with Crippen LogP contribution < -0.4 is 5.73 Å². The molecule has 1 aliphatic carbocycles. The Kier molecular flexibility index (Phi) is 2.05. The lowest BCUT2D eigenvalue weighted by atomic mass is 9.94. The van der Waals surface area contributed by atoms with Crippen LogP contribution in [0.15, 0.2) is 18.2 Å². The monoisotopic (exact) mass is 219 g/mol. The van der Waals surface area contributed by atoms with E-state index in [0.717, 1.165) is 12.1 Å². The summed E-state index contributed by atoms with van der Waals surface area (Å²) in [7, 11) is 0. The summed E-state index contributed by atoms with van der Waals surface area (Å²) in [5.41, 5.74) is 3.19. The molecule has 0 spiro atoms. The number of rotatable bonds is 2. The Morgan fingerprint density at radius 1 is 1.27 bits per heavy atom. The maximum absolute atomic E-state index is 13.3. The molecule has 2 rings (SSSR count). The van der Waals surface area contributed by atoms with Crippen molar-refractivity contribution in [3.8, 4) is 0 Å². The minimum atomic E-state index is -3.03. The maximum Gasteiger partial charge on any atom is 0.260 e. The van der Waals surface area contributed by atoms with Gasteiger partial charge in [0.1, 0.15) is 0 Å². The molecule has 0 amide bonds. The van der Waals surface area contributed by atoms with Crippen molar-refractivity contribution in [2.75, 3.05) is 6.54 Å². The molecule has 5 heteroatoms. The van der Waals surface area contributed by atoms with Crippen molar-refractivity contribution in [1.82, 2.24) is 0 Å². The molecule has 1 aliphatic rings. The van der Waals surface area contributed by atoms with Gasteiger partial charge in [0.2, 0.25) is 0 Å². The van der Waals surface area contributed by atoms with Crippen LogP contribution in [0.2, 0.25) is 0 Å². The van der Waals surface area contributed by atoms with Crippen LogP contribution in [0.4, 0.5) is 17.6 Å². The lowest BCUT2D eigenvalue weighted by molar-refractivity contribution is 0.0885. The van der Waals surface area contributed by atoms with Crippen molar-refractivity contribution in [1.29, 1.82) is 0 Å². The summed E-state index contributed by atoms with van der Waals surface area (Å²) in [6, 6.07) is 3.26. The summed E-state index contributed by atoms with van der Waals surface area (Å²) in [5, 5.41) is 0. The zero-order valence-electron chi connectivity index (χ0n) is 7.74. The summed E-state index contributed by atoms with van der Waals surface area (Å²) < 4.78 is 52.3. The molecule has 0 aromatic heterocycles. The van der Waals surface area contributed by atoms with Crippen molar-refractivity contribution < 1.29 is 17.6 Å². The third-order valence-corrected chi connectivity index (χ3v) is 2.91. The van der Waals surface area contributed by atoms with E-state index in [2.05, 4.69) is 0 Å². The molecule has 1 unspecified atom stereocenters. The van der Waals surface area contributed by atoms with E-state index in [1.165, 1.54) is 6.07 Å². The second-order valence-corrected chi connectivity index (χ2v) is 3.77. The molecule has 1 aromatic carbocycles. The molecule has 0 radical (unpaired) electrons. The van der Waals surface area contributed by atoms with Gasteiger partial charge in [0, 0.05) is 18.5 Å². The zero-order valence-corrected chi connectivity index (χ0v) is 7.74. The zero-order chi connectivity index (χ0) is 11.3. The number of halogens is 4. The predicted molar refractivity (Wildman–Crippen MR) is 46.7 cm³/mol. The van der Waals surface area contributed by atoms with Gasteiger partial charge in [-0.25, -0.2) is 17.6 Å². The van der Waals surface area contributed by atoms with Crippen LogP contribution in [-0.4, -0.2) is 12.5 Å². The van der Waals surface area contributed by atoms with Gasteiger partial charge in [-0.1, -0.05) is 12.1 Å². The van der Waals surface area contributed by atoms with Gasteiger partial charge in [0.15, 0.2) is 11.6 Å². The Hall–Kier alpha value is -1.10. The molecule has 1 nitrogen and oxygen atoms in total. The Balaban J connectivity index is 2.51. The first-order chi connectivity index (χ1) is 6.94. The second-order valence-electron chi connectivity index (χ2n) is 3.77. The van der Waals surface area contributed by atoms with E-state index in [1.54, 1.807) is 0 Å². The average Bonchev–Trinajstić information content (AvgIpc) is 2.74. The molecule has 1 atom stereocenters.